The van der Waals surface area contributed by atoms with Crippen LogP contribution < -0.4 is 10.2 Å². The summed E-state index contributed by atoms with van der Waals surface area (Å²) in [7, 11) is 3.48. The van der Waals surface area contributed by atoms with Gasteiger partial charge in [-0.15, -0.1) is 0 Å². The second-order valence-electron chi connectivity index (χ2n) is 5.46. The highest BCUT2D eigenvalue weighted by molar-refractivity contribution is 6.03. The van der Waals surface area contributed by atoms with Crippen LogP contribution in [-0.4, -0.2) is 37.5 Å². The Morgan fingerprint density at radius 3 is 2.09 bits per heavy atom. The van der Waals surface area contributed by atoms with E-state index in [4.69, 9.17) is 5.41 Å². The van der Waals surface area contributed by atoms with Crippen molar-refractivity contribution in [1.82, 2.24) is 10.2 Å². The van der Waals surface area contributed by atoms with Crippen LogP contribution >= 0.6 is 0 Å². The number of guanidine groups is 1. The number of amides is 2. The van der Waals surface area contributed by atoms with Gasteiger partial charge in [0.05, 0.1) is 5.69 Å². The van der Waals surface area contributed by atoms with E-state index in [0.717, 1.165) is 24.9 Å². The van der Waals surface area contributed by atoms with Crippen molar-refractivity contribution < 1.29 is 4.79 Å². The first-order chi connectivity index (χ1) is 10.5. The molecule has 0 unspecified atom stereocenters. The molecule has 0 aliphatic carbocycles. The van der Waals surface area contributed by atoms with Crippen molar-refractivity contribution in [2.45, 2.75) is 40.0 Å². The number of carbonyl (C=O) groups is 1. The Morgan fingerprint density at radius 1 is 1.14 bits per heavy atom. The summed E-state index contributed by atoms with van der Waals surface area (Å²) in [5.74, 6) is 0.0955. The zero-order valence-corrected chi connectivity index (χ0v) is 14.4. The monoisotopic (exact) mass is 304 g/mol. The molecule has 2 N–H and O–H groups in total. The average molecular weight is 304 g/mol. The van der Waals surface area contributed by atoms with Crippen molar-refractivity contribution in [2.24, 2.45) is 0 Å². The number of nitrogens with one attached hydrogen (secondary N) is 2. The lowest BCUT2D eigenvalue weighted by atomic mass is 10.0. The minimum atomic E-state index is -0.240. The second kappa shape index (κ2) is 8.41. The average Bonchev–Trinajstić information content (AvgIpc) is 2.51. The molecule has 1 aromatic rings. The number of nitrogens with zero attached hydrogens (tertiary/aromatic N) is 2. The molecule has 0 saturated carbocycles. The normalized spacial score (nSPS) is 10.2. The molecule has 1 aromatic carbocycles. The molecule has 1 rings (SSSR count). The highest BCUT2D eigenvalue weighted by atomic mass is 16.2. The summed E-state index contributed by atoms with van der Waals surface area (Å²) in [6.07, 6.45) is 2.62. The first kappa shape index (κ1) is 18.0. The second-order valence-corrected chi connectivity index (χ2v) is 5.46. The first-order valence-electron chi connectivity index (χ1n) is 7.91. The van der Waals surface area contributed by atoms with Gasteiger partial charge >= 0.3 is 6.03 Å². The quantitative estimate of drug-likeness (QED) is 0.648. The minimum absolute atomic E-state index is 0.0955. The number of rotatable bonds is 5. The molecule has 0 bridgehead atoms. The highest BCUT2D eigenvalue weighted by Crippen LogP contribution is 2.27. The van der Waals surface area contributed by atoms with E-state index in [-0.39, 0.29) is 12.0 Å². The van der Waals surface area contributed by atoms with Gasteiger partial charge < -0.3 is 4.90 Å². The van der Waals surface area contributed by atoms with E-state index in [2.05, 4.69) is 38.2 Å². The number of aryl methyl sites for hydroxylation is 2. The molecule has 0 heterocycles. The van der Waals surface area contributed by atoms with Crippen LogP contribution in [0.2, 0.25) is 0 Å². The van der Waals surface area contributed by atoms with E-state index in [9.17, 15) is 4.79 Å². The maximum absolute atomic E-state index is 12.6. The van der Waals surface area contributed by atoms with Crippen LogP contribution in [0.15, 0.2) is 18.2 Å². The van der Waals surface area contributed by atoms with Gasteiger partial charge in [-0.2, -0.15) is 0 Å². The van der Waals surface area contributed by atoms with E-state index in [0.29, 0.717) is 6.54 Å². The van der Waals surface area contributed by atoms with Gasteiger partial charge in [-0.3, -0.25) is 15.6 Å². The van der Waals surface area contributed by atoms with E-state index in [1.807, 2.05) is 6.07 Å². The van der Waals surface area contributed by atoms with Gasteiger partial charge in [-0.1, -0.05) is 39.0 Å². The van der Waals surface area contributed by atoms with Gasteiger partial charge in [0.1, 0.15) is 0 Å². The smallest absolute Gasteiger partial charge is 0.328 e. The van der Waals surface area contributed by atoms with Gasteiger partial charge in [0.2, 0.25) is 0 Å². The molecule has 0 aliphatic heterocycles. The van der Waals surface area contributed by atoms with E-state index >= 15 is 0 Å². The van der Waals surface area contributed by atoms with Crippen LogP contribution in [0.25, 0.3) is 0 Å². The third-order valence-corrected chi connectivity index (χ3v) is 3.60. The van der Waals surface area contributed by atoms with Gasteiger partial charge in [-0.25, -0.2) is 4.79 Å². The lowest BCUT2D eigenvalue weighted by Gasteiger charge is -2.28. The maximum Gasteiger partial charge on any atom is 0.328 e. The van der Waals surface area contributed by atoms with E-state index in [1.165, 1.54) is 11.1 Å². The van der Waals surface area contributed by atoms with Crippen molar-refractivity contribution in [2.75, 3.05) is 25.5 Å². The Kier molecular flexibility index (Phi) is 6.89. The topological polar surface area (TPSA) is 59.4 Å². The van der Waals surface area contributed by atoms with Crippen LogP contribution in [0.4, 0.5) is 10.5 Å². The standard InChI is InChI=1S/C17H28N4O/c1-6-12-21(17(22)19-16(18)20(4)5)15-13(7-2)10-9-11-14(15)8-3/h9-11H,6-8,12H2,1-5H3,(H2,18,19,22). The fraction of sp³-hybridized carbons (Fsp3) is 0.529. The zero-order chi connectivity index (χ0) is 16.7. The molecule has 0 aliphatic rings. The van der Waals surface area contributed by atoms with Crippen molar-refractivity contribution in [3.8, 4) is 0 Å². The highest BCUT2D eigenvalue weighted by Gasteiger charge is 2.21. The van der Waals surface area contributed by atoms with Gasteiger partial charge in [0, 0.05) is 20.6 Å². The minimum Gasteiger partial charge on any atom is -0.349 e. The zero-order valence-electron chi connectivity index (χ0n) is 14.4. The number of carbonyl (C=O) groups excluding carboxylic acids is 1. The van der Waals surface area contributed by atoms with Crippen LogP contribution in [-0.2, 0) is 12.8 Å². The number of hydrogen-bond donors (Lipinski definition) is 2. The molecule has 5 heteroatoms. The van der Waals surface area contributed by atoms with Crippen molar-refractivity contribution in [3.05, 3.63) is 29.3 Å². The fourth-order valence-electron chi connectivity index (χ4n) is 2.38. The van der Waals surface area contributed by atoms with Crippen LogP contribution in [0.1, 0.15) is 38.3 Å². The molecule has 2 amide bonds. The molecule has 5 nitrogen and oxygen atoms in total. The van der Waals surface area contributed by atoms with Crippen molar-refractivity contribution >= 4 is 17.7 Å². The van der Waals surface area contributed by atoms with Crippen LogP contribution in [0.5, 0.6) is 0 Å². The Bertz CT molecular complexity index is 503. The largest absolute Gasteiger partial charge is 0.349 e. The maximum atomic E-state index is 12.6. The van der Waals surface area contributed by atoms with Gasteiger partial charge in [0.15, 0.2) is 5.96 Å². The molecule has 0 radical (unpaired) electrons. The number of hydrogen-bond acceptors (Lipinski definition) is 2. The van der Waals surface area contributed by atoms with Crippen LogP contribution in [0.3, 0.4) is 0 Å². The molecule has 0 fully saturated rings. The van der Waals surface area contributed by atoms with Gasteiger partial charge in [-0.05, 0) is 30.4 Å². The molecule has 122 valence electrons. The molecular weight excluding hydrogens is 276 g/mol. The molecule has 0 atom stereocenters. The Hall–Kier alpha value is -2.04. The Morgan fingerprint density at radius 2 is 1.68 bits per heavy atom. The molecule has 0 saturated heterocycles. The number of urea groups is 1. The van der Waals surface area contributed by atoms with Crippen molar-refractivity contribution in [1.29, 1.82) is 5.41 Å². The summed E-state index contributed by atoms with van der Waals surface area (Å²) < 4.78 is 0. The number of anilines is 1. The predicted octanol–water partition coefficient (Wildman–Crippen LogP) is 3.23. The first-order valence-corrected chi connectivity index (χ1v) is 7.91. The van der Waals surface area contributed by atoms with E-state index < -0.39 is 0 Å². The number of para-hydroxylation sites is 1. The summed E-state index contributed by atoms with van der Waals surface area (Å²) in [5, 5.41) is 10.5. The van der Waals surface area contributed by atoms with Crippen molar-refractivity contribution in [3.63, 3.8) is 0 Å². The predicted molar refractivity (Wildman–Crippen MR) is 92.8 cm³/mol. The lowest BCUT2D eigenvalue weighted by molar-refractivity contribution is 0.249. The SMILES string of the molecule is CCCN(C(=O)NC(=N)N(C)C)c1c(CC)cccc1CC. The summed E-state index contributed by atoms with van der Waals surface area (Å²) in [6.45, 7) is 6.89. The summed E-state index contributed by atoms with van der Waals surface area (Å²) >= 11 is 0. The third kappa shape index (κ3) is 4.23. The molecule has 0 aromatic heterocycles. The Labute approximate surface area is 133 Å². The van der Waals surface area contributed by atoms with E-state index in [1.54, 1.807) is 23.9 Å². The summed E-state index contributed by atoms with van der Waals surface area (Å²) in [5.41, 5.74) is 3.33. The summed E-state index contributed by atoms with van der Waals surface area (Å²) in [4.78, 5) is 16.0. The van der Waals surface area contributed by atoms with Crippen LogP contribution in [0, 0.1) is 5.41 Å². The molecule has 0 spiro atoms. The fourth-order valence-corrected chi connectivity index (χ4v) is 2.38. The molecular formula is C17H28N4O. The van der Waals surface area contributed by atoms with Gasteiger partial charge in [0.25, 0.3) is 0 Å². The Balaban J connectivity index is 3.20. The lowest BCUT2D eigenvalue weighted by Crippen LogP contribution is -2.47. The number of benzene rings is 1. The summed E-state index contributed by atoms with van der Waals surface area (Å²) in [6, 6.07) is 5.95. The molecule has 22 heavy (non-hydrogen) atoms. The third-order valence-electron chi connectivity index (χ3n) is 3.60.